The van der Waals surface area contributed by atoms with Gasteiger partial charge in [-0.1, -0.05) is 102 Å². The quantitative estimate of drug-likeness (QED) is 0.0725. The zero-order valence-electron chi connectivity index (χ0n) is 33.4. The van der Waals surface area contributed by atoms with Gasteiger partial charge < -0.3 is 14.4 Å². The lowest BCUT2D eigenvalue weighted by molar-refractivity contribution is -0.0500. The number of aryl methyl sites for hydroxylation is 4. The number of rotatable bonds is 10. The van der Waals surface area contributed by atoms with Gasteiger partial charge in [0.05, 0.1) is 0 Å². The fraction of sp³-hybridized carbons (Fsp3) is 0.409. The first-order chi connectivity index (χ1) is 25.0. The zero-order valence-corrected chi connectivity index (χ0v) is 35.2. The van der Waals surface area contributed by atoms with E-state index in [0.717, 1.165) is 40.7 Å². The van der Waals surface area contributed by atoms with Crippen molar-refractivity contribution in [1.29, 1.82) is 0 Å². The van der Waals surface area contributed by atoms with Gasteiger partial charge in [-0.05, 0) is 122 Å². The largest absolute Gasteiger partial charge is 0.534 e. The summed E-state index contributed by atoms with van der Waals surface area (Å²) in [5.41, 5.74) is 6.24. The molecule has 54 heavy (non-hydrogen) atoms. The highest BCUT2D eigenvalue weighted by Crippen LogP contribution is 2.43. The lowest BCUT2D eigenvalue weighted by Gasteiger charge is -2.34. The van der Waals surface area contributed by atoms with Crippen LogP contribution < -0.4 is 4.18 Å². The van der Waals surface area contributed by atoms with Crippen LogP contribution in [0.25, 0.3) is 0 Å². The van der Waals surface area contributed by atoms with Gasteiger partial charge in [-0.3, -0.25) is 0 Å². The summed E-state index contributed by atoms with van der Waals surface area (Å²) in [5, 5.41) is 19.7. The molecule has 0 radical (unpaired) electrons. The molecule has 292 valence electrons. The number of phenols is 2. The minimum Gasteiger partial charge on any atom is -0.508 e. The van der Waals surface area contributed by atoms with Gasteiger partial charge in [0.25, 0.3) is 0 Å². The Morgan fingerprint density at radius 2 is 0.981 bits per heavy atom. The van der Waals surface area contributed by atoms with Gasteiger partial charge in [-0.25, -0.2) is 0 Å². The van der Waals surface area contributed by atoms with E-state index < -0.39 is 29.1 Å². The van der Waals surface area contributed by atoms with Crippen LogP contribution >= 0.6 is 0 Å². The van der Waals surface area contributed by atoms with Crippen LogP contribution in [0.15, 0.2) is 72.8 Å². The van der Waals surface area contributed by atoms with Gasteiger partial charge in [0.2, 0.25) is 0 Å². The fourth-order valence-corrected chi connectivity index (χ4v) is 7.96. The molecule has 0 unspecified atom stereocenters. The van der Waals surface area contributed by atoms with Crippen molar-refractivity contribution in [1.82, 2.24) is 0 Å². The maximum Gasteiger partial charge on any atom is 0.534 e. The molecule has 0 aliphatic heterocycles. The van der Waals surface area contributed by atoms with Crippen molar-refractivity contribution in [3.05, 3.63) is 123 Å². The van der Waals surface area contributed by atoms with Gasteiger partial charge in [-0.15, -0.1) is 5.54 Å². The van der Waals surface area contributed by atoms with Crippen molar-refractivity contribution in [3.63, 3.8) is 0 Å². The topological polar surface area (TPSA) is 83.8 Å². The Morgan fingerprint density at radius 3 is 1.31 bits per heavy atom. The molecule has 0 aliphatic carbocycles. The maximum absolute atomic E-state index is 12.6. The average molecular weight is 781 g/mol. The third-order valence-electron chi connectivity index (χ3n) is 10.5. The predicted octanol–water partition coefficient (Wildman–Crippen LogP) is 11.7. The summed E-state index contributed by atoms with van der Waals surface area (Å²) in [6, 6.07) is 22.6. The van der Waals surface area contributed by atoms with Crippen molar-refractivity contribution < 1.29 is 36.0 Å². The number of hydrogen-bond acceptors (Lipinski definition) is 5. The SMILES string of the molecule is CCC(CC)(c1ccc(O)c(C)c1)c1ccc(C#C[Si](C)(C)C)c(C)c1.CCC(CC)(c1ccc(O)c(C)c1)c1ccc(OS(=O)(=O)C(F)(F)F)c(C)c1. The molecule has 0 bridgehead atoms. The second kappa shape index (κ2) is 17.1. The van der Waals surface area contributed by atoms with E-state index in [2.05, 4.69) is 86.4 Å². The smallest absolute Gasteiger partial charge is 0.508 e. The van der Waals surface area contributed by atoms with E-state index in [0.29, 0.717) is 18.6 Å². The average Bonchev–Trinajstić information content (AvgIpc) is 3.09. The second-order valence-electron chi connectivity index (χ2n) is 15.1. The van der Waals surface area contributed by atoms with Crippen molar-refractivity contribution in [3.8, 4) is 28.7 Å². The summed E-state index contributed by atoms with van der Waals surface area (Å²) in [5.74, 6) is 3.59. The monoisotopic (exact) mass is 780 g/mol. The van der Waals surface area contributed by atoms with Crippen LogP contribution in [0.5, 0.6) is 17.2 Å². The molecule has 0 saturated heterocycles. The summed E-state index contributed by atoms with van der Waals surface area (Å²) in [6.45, 7) is 22.7. The summed E-state index contributed by atoms with van der Waals surface area (Å²) in [4.78, 5) is 0. The molecule has 0 fully saturated rings. The minimum atomic E-state index is -5.72. The number of phenolic OH excluding ortho intramolecular Hbond substituents is 2. The highest BCUT2D eigenvalue weighted by Gasteiger charge is 2.48. The van der Waals surface area contributed by atoms with E-state index in [1.54, 1.807) is 25.1 Å². The van der Waals surface area contributed by atoms with Crippen molar-refractivity contribution in [2.45, 2.75) is 117 Å². The summed E-state index contributed by atoms with van der Waals surface area (Å²) >= 11 is 0. The Bertz CT molecular complexity index is 2110. The summed E-state index contributed by atoms with van der Waals surface area (Å²) in [6.07, 6.45) is 3.45. The third kappa shape index (κ3) is 9.72. The van der Waals surface area contributed by atoms with Gasteiger partial charge in [0.15, 0.2) is 0 Å². The Balaban J connectivity index is 0.000000291. The number of benzene rings is 4. The predicted molar refractivity (Wildman–Crippen MR) is 217 cm³/mol. The van der Waals surface area contributed by atoms with E-state index >= 15 is 0 Å². The number of aromatic hydroxyl groups is 2. The Labute approximate surface area is 321 Å². The minimum absolute atomic E-state index is 0.0338. The normalized spacial score (nSPS) is 12.3. The Morgan fingerprint density at radius 1 is 0.611 bits per heavy atom. The van der Waals surface area contributed by atoms with Gasteiger partial charge in [0.1, 0.15) is 25.3 Å². The Hall–Kier alpha value is -4.20. The molecule has 0 saturated carbocycles. The fourth-order valence-electron chi connectivity index (χ4n) is 6.94. The summed E-state index contributed by atoms with van der Waals surface area (Å²) < 4.78 is 64.6. The molecular formula is C44H55F3O5SSi. The summed E-state index contributed by atoms with van der Waals surface area (Å²) in [7, 11) is -7.10. The van der Waals surface area contributed by atoms with Crippen molar-refractivity contribution in [2.75, 3.05) is 0 Å². The first-order valence-corrected chi connectivity index (χ1v) is 23.3. The molecule has 2 N–H and O–H groups in total. The third-order valence-corrected chi connectivity index (χ3v) is 12.3. The van der Waals surface area contributed by atoms with Gasteiger partial charge >= 0.3 is 15.6 Å². The van der Waals surface area contributed by atoms with E-state index in [-0.39, 0.29) is 22.5 Å². The molecular weight excluding hydrogens is 726 g/mol. The van der Waals surface area contributed by atoms with Crippen molar-refractivity contribution in [2.24, 2.45) is 0 Å². The van der Waals surface area contributed by atoms with E-state index in [4.69, 9.17) is 0 Å². The maximum atomic E-state index is 12.6. The highest BCUT2D eigenvalue weighted by atomic mass is 32.2. The molecule has 0 heterocycles. The van der Waals surface area contributed by atoms with Crippen LogP contribution in [0.3, 0.4) is 0 Å². The standard InChI is InChI=1S/C24H32OSi.C20H23F3O4S/c1-8-24(9-2,22-12-13-23(25)19(4)17-22)21-11-10-20(18(3)16-21)14-15-26(5,6)7;1-5-19(6-2,15-7-9-17(24)13(3)11-15)16-8-10-18(14(4)12-16)27-28(25,26)20(21,22)23/h10-13,16-17,25H,8-9H2,1-7H3;7-12,24H,5-6H2,1-4H3. The highest BCUT2D eigenvalue weighted by molar-refractivity contribution is 7.88. The first kappa shape index (κ1) is 44.2. The molecule has 4 aromatic rings. The van der Waals surface area contributed by atoms with Crippen LogP contribution in [0, 0.1) is 39.2 Å². The molecule has 10 heteroatoms. The zero-order chi connectivity index (χ0) is 40.9. The number of alkyl halides is 3. The van der Waals surface area contributed by atoms with Crippen LogP contribution in [0.2, 0.25) is 19.6 Å². The Kier molecular flexibility index (Phi) is 14.0. The van der Waals surface area contributed by atoms with Gasteiger partial charge in [-0.2, -0.15) is 21.6 Å². The van der Waals surface area contributed by atoms with E-state index in [9.17, 15) is 31.8 Å². The van der Waals surface area contributed by atoms with E-state index in [1.807, 2.05) is 39.0 Å². The van der Waals surface area contributed by atoms with Gasteiger partial charge in [0, 0.05) is 16.4 Å². The molecule has 0 amide bonds. The lowest BCUT2D eigenvalue weighted by Crippen LogP contribution is -2.29. The molecule has 4 rings (SSSR count). The number of halogens is 3. The first-order valence-electron chi connectivity index (χ1n) is 18.4. The molecule has 4 aromatic carbocycles. The molecule has 0 spiro atoms. The van der Waals surface area contributed by atoms with Crippen LogP contribution in [0.4, 0.5) is 13.2 Å². The van der Waals surface area contributed by atoms with Crippen LogP contribution in [-0.4, -0.2) is 32.2 Å². The molecule has 5 nitrogen and oxygen atoms in total. The molecule has 0 atom stereocenters. The molecule has 0 aliphatic rings. The van der Waals surface area contributed by atoms with E-state index in [1.165, 1.54) is 29.7 Å². The second-order valence-corrected chi connectivity index (χ2v) is 21.4. The van der Waals surface area contributed by atoms with Crippen LogP contribution in [0.1, 0.15) is 103 Å². The molecule has 0 aromatic heterocycles. The number of hydrogen-bond donors (Lipinski definition) is 2. The van der Waals surface area contributed by atoms with Crippen LogP contribution in [-0.2, 0) is 20.9 Å². The lowest BCUT2D eigenvalue weighted by atomic mass is 9.70. The van der Waals surface area contributed by atoms with Crippen molar-refractivity contribution >= 4 is 18.2 Å².